The second-order valence-electron chi connectivity index (χ2n) is 2.86. The Morgan fingerprint density at radius 2 is 2.00 bits per heavy atom. The van der Waals surface area contributed by atoms with Gasteiger partial charge in [-0.3, -0.25) is 4.98 Å². The van der Waals surface area contributed by atoms with E-state index in [4.69, 9.17) is 0 Å². The van der Waals surface area contributed by atoms with E-state index in [-0.39, 0.29) is 0 Å². The molecule has 0 aliphatic heterocycles. The van der Waals surface area contributed by atoms with Crippen LogP contribution in [0.4, 0.5) is 0 Å². The SMILES string of the molecule is C/C(=N\n1ccnc1)c1ccncc1. The molecular formula is C10H10N4. The zero-order chi connectivity index (χ0) is 9.80. The van der Waals surface area contributed by atoms with Gasteiger partial charge in [0.15, 0.2) is 0 Å². The summed E-state index contributed by atoms with van der Waals surface area (Å²) in [7, 11) is 0. The molecule has 0 N–H and O–H groups in total. The van der Waals surface area contributed by atoms with Gasteiger partial charge in [-0.05, 0) is 19.1 Å². The van der Waals surface area contributed by atoms with Crippen molar-refractivity contribution in [1.29, 1.82) is 0 Å². The summed E-state index contributed by atoms with van der Waals surface area (Å²) in [6, 6.07) is 3.85. The molecule has 0 unspecified atom stereocenters. The van der Waals surface area contributed by atoms with E-state index in [0.717, 1.165) is 11.3 Å². The fourth-order valence-corrected chi connectivity index (χ4v) is 1.14. The van der Waals surface area contributed by atoms with Crippen molar-refractivity contribution < 1.29 is 0 Å². The predicted octanol–water partition coefficient (Wildman–Crippen LogP) is 1.55. The van der Waals surface area contributed by atoms with Crippen LogP contribution in [0.25, 0.3) is 0 Å². The van der Waals surface area contributed by atoms with E-state index in [0.29, 0.717) is 0 Å². The number of rotatable bonds is 2. The van der Waals surface area contributed by atoms with Gasteiger partial charge in [-0.15, -0.1) is 0 Å². The van der Waals surface area contributed by atoms with E-state index >= 15 is 0 Å². The predicted molar refractivity (Wildman–Crippen MR) is 54.1 cm³/mol. The molecule has 4 heteroatoms. The molecule has 0 saturated carbocycles. The van der Waals surface area contributed by atoms with Crippen LogP contribution in [0.3, 0.4) is 0 Å². The monoisotopic (exact) mass is 186 g/mol. The molecular weight excluding hydrogens is 176 g/mol. The van der Waals surface area contributed by atoms with E-state index in [1.807, 2.05) is 19.1 Å². The van der Waals surface area contributed by atoms with Gasteiger partial charge in [-0.25, -0.2) is 9.66 Å². The van der Waals surface area contributed by atoms with Gasteiger partial charge in [-0.2, -0.15) is 5.10 Å². The number of nitrogens with zero attached hydrogens (tertiary/aromatic N) is 4. The summed E-state index contributed by atoms with van der Waals surface area (Å²) >= 11 is 0. The largest absolute Gasteiger partial charge is 0.265 e. The van der Waals surface area contributed by atoms with Crippen LogP contribution in [0.5, 0.6) is 0 Å². The standard InChI is InChI=1S/C10H10N4/c1-9(10-2-4-11-5-3-10)13-14-7-6-12-8-14/h2-8H,1H3/b13-9+. The first-order valence-electron chi connectivity index (χ1n) is 4.30. The molecule has 14 heavy (non-hydrogen) atoms. The highest BCUT2D eigenvalue weighted by molar-refractivity contribution is 5.98. The molecule has 0 amide bonds. The van der Waals surface area contributed by atoms with Crippen LogP contribution in [-0.4, -0.2) is 20.4 Å². The molecule has 0 radical (unpaired) electrons. The normalized spacial score (nSPS) is 11.6. The highest BCUT2D eigenvalue weighted by atomic mass is 15.4. The summed E-state index contributed by atoms with van der Waals surface area (Å²) in [4.78, 5) is 7.86. The Labute approximate surface area is 81.9 Å². The summed E-state index contributed by atoms with van der Waals surface area (Å²) in [5, 5.41) is 4.33. The highest BCUT2D eigenvalue weighted by Crippen LogP contribution is 1.99. The van der Waals surface area contributed by atoms with Crippen LogP contribution in [-0.2, 0) is 0 Å². The number of imidazole rings is 1. The molecule has 0 saturated heterocycles. The lowest BCUT2D eigenvalue weighted by atomic mass is 10.2. The molecule has 0 fully saturated rings. The van der Waals surface area contributed by atoms with Crippen LogP contribution in [0.2, 0.25) is 0 Å². The van der Waals surface area contributed by atoms with Crippen molar-refractivity contribution in [1.82, 2.24) is 14.6 Å². The Balaban J connectivity index is 2.29. The van der Waals surface area contributed by atoms with Crippen molar-refractivity contribution in [2.75, 3.05) is 0 Å². The molecule has 2 rings (SSSR count). The van der Waals surface area contributed by atoms with Crippen LogP contribution < -0.4 is 0 Å². The van der Waals surface area contributed by atoms with Gasteiger partial charge in [0.25, 0.3) is 0 Å². The van der Waals surface area contributed by atoms with Crippen LogP contribution >= 0.6 is 0 Å². The van der Waals surface area contributed by atoms with E-state index in [2.05, 4.69) is 15.1 Å². The summed E-state index contributed by atoms with van der Waals surface area (Å²) < 4.78 is 1.68. The Kier molecular flexibility index (Phi) is 2.36. The molecule has 0 spiro atoms. The van der Waals surface area contributed by atoms with Crippen molar-refractivity contribution >= 4 is 5.71 Å². The van der Waals surface area contributed by atoms with Crippen LogP contribution in [0.1, 0.15) is 12.5 Å². The second-order valence-corrected chi connectivity index (χ2v) is 2.86. The minimum Gasteiger partial charge on any atom is -0.265 e. The smallest absolute Gasteiger partial charge is 0.116 e. The quantitative estimate of drug-likeness (QED) is 0.668. The van der Waals surface area contributed by atoms with Gasteiger partial charge < -0.3 is 0 Å². The van der Waals surface area contributed by atoms with Gasteiger partial charge in [0.2, 0.25) is 0 Å². The first-order valence-corrected chi connectivity index (χ1v) is 4.30. The second kappa shape index (κ2) is 3.83. The van der Waals surface area contributed by atoms with Gasteiger partial charge in [0, 0.05) is 30.4 Å². The maximum absolute atomic E-state index is 4.33. The highest BCUT2D eigenvalue weighted by Gasteiger charge is 1.95. The maximum Gasteiger partial charge on any atom is 0.116 e. The molecule has 0 aliphatic rings. The van der Waals surface area contributed by atoms with E-state index < -0.39 is 0 Å². The zero-order valence-corrected chi connectivity index (χ0v) is 7.83. The average molecular weight is 186 g/mol. The lowest BCUT2D eigenvalue weighted by Crippen LogP contribution is -1.98. The molecule has 2 aromatic rings. The third-order valence-corrected chi connectivity index (χ3v) is 1.85. The van der Waals surface area contributed by atoms with E-state index in [1.54, 1.807) is 35.8 Å². The van der Waals surface area contributed by atoms with E-state index in [1.165, 1.54) is 0 Å². The molecule has 0 bridgehead atoms. The lowest BCUT2D eigenvalue weighted by Gasteiger charge is -1.99. The molecule has 0 atom stereocenters. The number of pyridine rings is 1. The molecule has 0 aromatic carbocycles. The lowest BCUT2D eigenvalue weighted by molar-refractivity contribution is 0.874. The fraction of sp³-hybridized carbons (Fsp3) is 0.100. The number of hydrogen-bond acceptors (Lipinski definition) is 3. The van der Waals surface area contributed by atoms with Gasteiger partial charge >= 0.3 is 0 Å². The van der Waals surface area contributed by atoms with Gasteiger partial charge in [-0.1, -0.05) is 0 Å². The molecule has 2 heterocycles. The van der Waals surface area contributed by atoms with Crippen LogP contribution in [0.15, 0.2) is 48.3 Å². The summed E-state index contributed by atoms with van der Waals surface area (Å²) in [6.07, 6.45) is 8.66. The van der Waals surface area contributed by atoms with Gasteiger partial charge in [0.1, 0.15) is 6.33 Å². The number of aromatic nitrogens is 3. The third-order valence-electron chi connectivity index (χ3n) is 1.85. The Hall–Kier alpha value is -1.97. The molecule has 0 aliphatic carbocycles. The van der Waals surface area contributed by atoms with E-state index in [9.17, 15) is 0 Å². The van der Waals surface area contributed by atoms with Crippen molar-refractivity contribution in [2.45, 2.75) is 6.92 Å². The third kappa shape index (κ3) is 1.85. The average Bonchev–Trinajstić information content (AvgIpc) is 2.72. The van der Waals surface area contributed by atoms with Crippen LogP contribution in [0, 0.1) is 0 Å². The van der Waals surface area contributed by atoms with Crippen molar-refractivity contribution in [3.63, 3.8) is 0 Å². The Morgan fingerprint density at radius 3 is 2.64 bits per heavy atom. The Morgan fingerprint density at radius 1 is 1.21 bits per heavy atom. The maximum atomic E-state index is 4.33. The minimum atomic E-state index is 0.936. The summed E-state index contributed by atoms with van der Waals surface area (Å²) in [5.74, 6) is 0. The first-order chi connectivity index (χ1) is 6.86. The zero-order valence-electron chi connectivity index (χ0n) is 7.83. The summed E-state index contributed by atoms with van der Waals surface area (Å²) in [5.41, 5.74) is 2.00. The van der Waals surface area contributed by atoms with Crippen molar-refractivity contribution in [3.8, 4) is 0 Å². The summed E-state index contributed by atoms with van der Waals surface area (Å²) in [6.45, 7) is 1.95. The number of hydrogen-bond donors (Lipinski definition) is 0. The minimum absolute atomic E-state index is 0.936. The van der Waals surface area contributed by atoms with Crippen molar-refractivity contribution in [2.24, 2.45) is 5.10 Å². The molecule has 4 nitrogen and oxygen atoms in total. The first kappa shape index (κ1) is 8.62. The van der Waals surface area contributed by atoms with Gasteiger partial charge in [0.05, 0.1) is 5.71 Å². The Bertz CT molecular complexity index is 417. The fourth-order valence-electron chi connectivity index (χ4n) is 1.14. The topological polar surface area (TPSA) is 43.1 Å². The molecule has 2 aromatic heterocycles. The molecule has 70 valence electrons. The van der Waals surface area contributed by atoms with Crippen molar-refractivity contribution in [3.05, 3.63) is 48.8 Å².